The highest BCUT2D eigenvalue weighted by Gasteiger charge is 2.16. The van der Waals surface area contributed by atoms with E-state index in [1.54, 1.807) is 11.8 Å². The van der Waals surface area contributed by atoms with E-state index in [1.165, 1.54) is 12.1 Å². The predicted molar refractivity (Wildman–Crippen MR) is 54.2 cm³/mol. The van der Waals surface area contributed by atoms with Crippen molar-refractivity contribution < 1.29 is 8.78 Å². The molecular weight excluding hydrogens is 204 g/mol. The molecule has 1 N–H and O–H groups in total. The molecule has 4 heteroatoms. The van der Waals surface area contributed by atoms with Gasteiger partial charge in [-0.3, -0.25) is 0 Å². The predicted octanol–water partition coefficient (Wildman–Crippen LogP) is 2.69. The van der Waals surface area contributed by atoms with Gasteiger partial charge >= 0.3 is 0 Å². The fourth-order valence-corrected chi connectivity index (χ4v) is 2.62. The monoisotopic (exact) mass is 215 g/mol. The van der Waals surface area contributed by atoms with E-state index >= 15 is 0 Å². The molecule has 0 saturated carbocycles. The Balaban J connectivity index is 2.21. The first-order chi connectivity index (χ1) is 6.75. The van der Waals surface area contributed by atoms with Gasteiger partial charge in [-0.1, -0.05) is 0 Å². The Bertz CT molecular complexity index is 304. The van der Waals surface area contributed by atoms with Crippen molar-refractivity contribution >= 4 is 11.8 Å². The summed E-state index contributed by atoms with van der Waals surface area (Å²) in [5.74, 6) is 0.0245. The van der Waals surface area contributed by atoms with Crippen molar-refractivity contribution in [3.63, 3.8) is 0 Å². The normalized spacial score (nSPS) is 22.3. The van der Waals surface area contributed by atoms with Crippen LogP contribution in [0.15, 0.2) is 18.2 Å². The molecule has 1 nitrogen and oxygen atoms in total. The first kappa shape index (κ1) is 9.93. The average Bonchev–Trinajstić information content (AvgIpc) is 2.18. The van der Waals surface area contributed by atoms with E-state index in [1.807, 2.05) is 0 Å². The summed E-state index contributed by atoms with van der Waals surface area (Å²) in [6.45, 7) is 0.912. The fourth-order valence-electron chi connectivity index (χ4n) is 1.51. The fraction of sp³-hybridized carbons (Fsp3) is 0.400. The van der Waals surface area contributed by atoms with E-state index in [-0.39, 0.29) is 5.37 Å². The molecular formula is C10H11F2NS. The second-order valence-corrected chi connectivity index (χ2v) is 4.47. The lowest BCUT2D eigenvalue weighted by Gasteiger charge is -2.23. The zero-order chi connectivity index (χ0) is 9.97. The summed E-state index contributed by atoms with van der Waals surface area (Å²) in [5.41, 5.74) is 0.687. The molecule has 1 unspecified atom stereocenters. The molecule has 1 heterocycles. The summed E-state index contributed by atoms with van der Waals surface area (Å²) >= 11 is 1.69. The number of hydrogen-bond acceptors (Lipinski definition) is 2. The van der Waals surface area contributed by atoms with Crippen molar-refractivity contribution in [2.75, 3.05) is 12.3 Å². The molecule has 1 aromatic rings. The van der Waals surface area contributed by atoms with Crippen molar-refractivity contribution in [1.29, 1.82) is 0 Å². The van der Waals surface area contributed by atoms with E-state index in [2.05, 4.69) is 5.32 Å². The van der Waals surface area contributed by atoms with Crippen LogP contribution in [0.4, 0.5) is 8.78 Å². The second kappa shape index (κ2) is 4.28. The first-order valence-corrected chi connectivity index (χ1v) is 5.61. The average molecular weight is 215 g/mol. The standard InChI is InChI=1S/C10H11F2NS/c11-8-4-7(5-9(12)6-8)10-13-2-1-3-14-10/h4-6,10,13H,1-3H2. The number of hydrogen-bond donors (Lipinski definition) is 1. The summed E-state index contributed by atoms with van der Waals surface area (Å²) in [5, 5.41) is 3.26. The van der Waals surface area contributed by atoms with E-state index in [4.69, 9.17) is 0 Å². The summed E-state index contributed by atoms with van der Waals surface area (Å²) in [7, 11) is 0. The smallest absolute Gasteiger partial charge is 0.126 e. The molecule has 1 atom stereocenters. The number of rotatable bonds is 1. The van der Waals surface area contributed by atoms with Gasteiger partial charge in [0, 0.05) is 6.07 Å². The van der Waals surface area contributed by atoms with Gasteiger partial charge in [0.15, 0.2) is 0 Å². The number of benzene rings is 1. The summed E-state index contributed by atoms with van der Waals surface area (Å²) in [6.07, 6.45) is 1.11. The van der Waals surface area contributed by atoms with Gasteiger partial charge in [0.25, 0.3) is 0 Å². The lowest BCUT2D eigenvalue weighted by atomic mass is 10.2. The van der Waals surface area contributed by atoms with Gasteiger partial charge < -0.3 is 5.32 Å². The largest absolute Gasteiger partial charge is 0.302 e. The molecule has 0 amide bonds. The molecule has 1 saturated heterocycles. The van der Waals surface area contributed by atoms with Gasteiger partial charge in [0.05, 0.1) is 5.37 Å². The summed E-state index contributed by atoms with van der Waals surface area (Å²) < 4.78 is 25.8. The van der Waals surface area contributed by atoms with Crippen molar-refractivity contribution in [1.82, 2.24) is 5.32 Å². The maximum Gasteiger partial charge on any atom is 0.126 e. The minimum Gasteiger partial charge on any atom is -0.302 e. The minimum absolute atomic E-state index is 0.0361. The minimum atomic E-state index is -0.507. The Morgan fingerprint density at radius 2 is 1.93 bits per heavy atom. The molecule has 0 aliphatic carbocycles. The van der Waals surface area contributed by atoms with Crippen LogP contribution >= 0.6 is 11.8 Å². The third-order valence-electron chi connectivity index (χ3n) is 2.12. The Labute approximate surface area is 85.9 Å². The van der Waals surface area contributed by atoms with Crippen molar-refractivity contribution in [2.45, 2.75) is 11.8 Å². The van der Waals surface area contributed by atoms with Gasteiger partial charge in [-0.2, -0.15) is 0 Å². The molecule has 0 bridgehead atoms. The Hall–Kier alpha value is -0.610. The summed E-state index contributed by atoms with van der Waals surface area (Å²) in [6, 6.07) is 3.68. The van der Waals surface area contributed by atoms with E-state index in [0.717, 1.165) is 24.8 Å². The highest BCUT2D eigenvalue weighted by atomic mass is 32.2. The molecule has 0 spiro atoms. The molecule has 2 rings (SSSR count). The summed E-state index contributed by atoms with van der Waals surface area (Å²) in [4.78, 5) is 0. The molecule has 76 valence electrons. The number of thioether (sulfide) groups is 1. The zero-order valence-electron chi connectivity index (χ0n) is 7.59. The lowest BCUT2D eigenvalue weighted by molar-refractivity contribution is 0.571. The molecule has 1 aromatic carbocycles. The van der Waals surface area contributed by atoms with Gasteiger partial charge in [0.2, 0.25) is 0 Å². The zero-order valence-corrected chi connectivity index (χ0v) is 8.41. The highest BCUT2D eigenvalue weighted by molar-refractivity contribution is 7.99. The van der Waals surface area contributed by atoms with Crippen LogP contribution in [0.1, 0.15) is 17.4 Å². The van der Waals surface area contributed by atoms with E-state index in [0.29, 0.717) is 5.56 Å². The van der Waals surface area contributed by atoms with Crippen LogP contribution in [0.5, 0.6) is 0 Å². The number of halogens is 2. The third-order valence-corrected chi connectivity index (χ3v) is 3.42. The van der Waals surface area contributed by atoms with Gasteiger partial charge in [-0.15, -0.1) is 11.8 Å². The van der Waals surface area contributed by atoms with E-state index in [9.17, 15) is 8.78 Å². The van der Waals surface area contributed by atoms with Crippen LogP contribution in [0.25, 0.3) is 0 Å². The van der Waals surface area contributed by atoms with Crippen molar-refractivity contribution in [3.8, 4) is 0 Å². The molecule has 0 aromatic heterocycles. The van der Waals surface area contributed by atoms with Crippen LogP contribution in [-0.4, -0.2) is 12.3 Å². The Morgan fingerprint density at radius 1 is 1.21 bits per heavy atom. The Morgan fingerprint density at radius 3 is 2.50 bits per heavy atom. The van der Waals surface area contributed by atoms with Crippen LogP contribution < -0.4 is 5.32 Å². The van der Waals surface area contributed by atoms with Crippen LogP contribution in [0.2, 0.25) is 0 Å². The lowest BCUT2D eigenvalue weighted by Crippen LogP contribution is -2.25. The SMILES string of the molecule is Fc1cc(F)cc(C2NCCCS2)c1. The maximum atomic E-state index is 12.9. The second-order valence-electron chi connectivity index (χ2n) is 3.26. The first-order valence-electron chi connectivity index (χ1n) is 4.57. The van der Waals surface area contributed by atoms with Crippen LogP contribution in [0.3, 0.4) is 0 Å². The topological polar surface area (TPSA) is 12.0 Å². The van der Waals surface area contributed by atoms with E-state index < -0.39 is 11.6 Å². The highest BCUT2D eigenvalue weighted by Crippen LogP contribution is 2.30. The third kappa shape index (κ3) is 2.25. The van der Waals surface area contributed by atoms with Gasteiger partial charge in [-0.05, 0) is 36.4 Å². The van der Waals surface area contributed by atoms with Crippen molar-refractivity contribution in [2.24, 2.45) is 0 Å². The molecule has 1 fully saturated rings. The van der Waals surface area contributed by atoms with Crippen LogP contribution in [-0.2, 0) is 0 Å². The Kier molecular flexibility index (Phi) is 3.03. The quantitative estimate of drug-likeness (QED) is 0.773. The maximum absolute atomic E-state index is 12.9. The molecule has 1 aliphatic rings. The van der Waals surface area contributed by atoms with Crippen molar-refractivity contribution in [3.05, 3.63) is 35.4 Å². The van der Waals surface area contributed by atoms with Gasteiger partial charge in [0.1, 0.15) is 11.6 Å². The molecule has 1 aliphatic heterocycles. The number of nitrogens with one attached hydrogen (secondary N) is 1. The molecule has 14 heavy (non-hydrogen) atoms. The molecule has 0 radical (unpaired) electrons. The van der Waals surface area contributed by atoms with Crippen LogP contribution in [0, 0.1) is 11.6 Å². The van der Waals surface area contributed by atoms with Gasteiger partial charge in [-0.25, -0.2) is 8.78 Å².